The highest BCUT2D eigenvalue weighted by Gasteiger charge is 2.03. The molecule has 1 aromatic rings. The molecule has 1 heterocycles. The molecule has 0 fully saturated rings. The molecular weight excluding hydrogens is 198 g/mol. The van der Waals surface area contributed by atoms with Crippen LogP contribution in [0.1, 0.15) is 19.5 Å². The zero-order valence-corrected chi connectivity index (χ0v) is 10.5. The van der Waals surface area contributed by atoms with Gasteiger partial charge in [0.2, 0.25) is 0 Å². The van der Waals surface area contributed by atoms with Crippen molar-refractivity contribution in [2.75, 3.05) is 25.0 Å². The van der Waals surface area contributed by atoms with Crippen LogP contribution in [0.15, 0.2) is 30.4 Å². The molecule has 1 N–H and O–H groups in total. The van der Waals surface area contributed by atoms with Gasteiger partial charge in [-0.25, -0.2) is 4.98 Å². The number of rotatable bonds is 6. The smallest absolute Gasteiger partial charge is 0.128 e. The van der Waals surface area contributed by atoms with Gasteiger partial charge in [-0.3, -0.25) is 0 Å². The van der Waals surface area contributed by atoms with E-state index in [0.717, 1.165) is 36.7 Å². The predicted molar refractivity (Wildman–Crippen MR) is 69.7 cm³/mol. The maximum Gasteiger partial charge on any atom is 0.128 e. The number of nitrogens with zero attached hydrogens (tertiary/aromatic N) is 2. The van der Waals surface area contributed by atoms with Gasteiger partial charge in [0.25, 0.3) is 0 Å². The fourth-order valence-corrected chi connectivity index (χ4v) is 1.52. The van der Waals surface area contributed by atoms with E-state index in [-0.39, 0.29) is 0 Å². The van der Waals surface area contributed by atoms with Crippen LogP contribution in [-0.2, 0) is 6.54 Å². The molecule has 0 aliphatic rings. The maximum absolute atomic E-state index is 4.59. The minimum atomic E-state index is 0.825. The van der Waals surface area contributed by atoms with Crippen LogP contribution in [0.25, 0.3) is 0 Å². The fraction of sp³-hybridized carbons (Fsp3) is 0.462. The summed E-state index contributed by atoms with van der Waals surface area (Å²) in [6.45, 7) is 10.7. The van der Waals surface area contributed by atoms with Crippen LogP contribution in [0, 0.1) is 0 Å². The molecular formula is C13H21N3. The third-order valence-corrected chi connectivity index (χ3v) is 2.25. The second-order valence-electron chi connectivity index (χ2n) is 4.08. The van der Waals surface area contributed by atoms with Gasteiger partial charge >= 0.3 is 0 Å². The summed E-state index contributed by atoms with van der Waals surface area (Å²) in [6.07, 6.45) is 0. The van der Waals surface area contributed by atoms with E-state index in [1.807, 2.05) is 32.2 Å². The summed E-state index contributed by atoms with van der Waals surface area (Å²) < 4.78 is 0. The monoisotopic (exact) mass is 219 g/mol. The Morgan fingerprint density at radius 1 is 1.50 bits per heavy atom. The largest absolute Gasteiger partial charge is 0.356 e. The van der Waals surface area contributed by atoms with E-state index in [0.29, 0.717) is 0 Å². The normalized spacial score (nSPS) is 10.2. The standard InChI is InChI=1S/C13H21N3/c1-5-14-9-12-7-6-8-13(15-12)16(4)10-11(2)3/h6-8,14H,2,5,9-10H2,1,3-4H3. The van der Waals surface area contributed by atoms with Crippen molar-refractivity contribution < 1.29 is 0 Å². The molecule has 16 heavy (non-hydrogen) atoms. The van der Waals surface area contributed by atoms with Crippen LogP contribution >= 0.6 is 0 Å². The van der Waals surface area contributed by atoms with Crippen molar-refractivity contribution in [1.29, 1.82) is 0 Å². The summed E-state index contributed by atoms with van der Waals surface area (Å²) in [6, 6.07) is 6.11. The van der Waals surface area contributed by atoms with Gasteiger partial charge in [-0.2, -0.15) is 0 Å². The lowest BCUT2D eigenvalue weighted by atomic mass is 10.3. The Hall–Kier alpha value is -1.35. The van der Waals surface area contributed by atoms with E-state index in [2.05, 4.69) is 28.7 Å². The van der Waals surface area contributed by atoms with Crippen molar-refractivity contribution in [2.45, 2.75) is 20.4 Å². The molecule has 0 aliphatic carbocycles. The van der Waals surface area contributed by atoms with Crippen molar-refractivity contribution in [2.24, 2.45) is 0 Å². The minimum absolute atomic E-state index is 0.825. The molecule has 0 bridgehead atoms. The Morgan fingerprint density at radius 2 is 2.25 bits per heavy atom. The Labute approximate surface area is 98.2 Å². The predicted octanol–water partition coefficient (Wildman–Crippen LogP) is 2.20. The molecule has 0 aromatic carbocycles. The van der Waals surface area contributed by atoms with E-state index in [1.165, 1.54) is 0 Å². The van der Waals surface area contributed by atoms with Gasteiger partial charge in [0.15, 0.2) is 0 Å². The highest BCUT2D eigenvalue weighted by atomic mass is 15.2. The molecule has 0 radical (unpaired) electrons. The van der Waals surface area contributed by atoms with Crippen LogP contribution in [0.5, 0.6) is 0 Å². The number of likely N-dealkylation sites (N-methyl/N-ethyl adjacent to an activating group) is 1. The Kier molecular flexibility index (Phi) is 4.99. The number of aromatic nitrogens is 1. The summed E-state index contributed by atoms with van der Waals surface area (Å²) in [5.41, 5.74) is 2.22. The lowest BCUT2D eigenvalue weighted by molar-refractivity contribution is 0.709. The van der Waals surface area contributed by atoms with Crippen LogP contribution in [0.2, 0.25) is 0 Å². The van der Waals surface area contributed by atoms with Gasteiger partial charge < -0.3 is 10.2 Å². The first-order valence-electron chi connectivity index (χ1n) is 5.65. The minimum Gasteiger partial charge on any atom is -0.356 e. The first-order chi connectivity index (χ1) is 7.63. The molecule has 1 rings (SSSR count). The van der Waals surface area contributed by atoms with Crippen molar-refractivity contribution >= 4 is 5.82 Å². The van der Waals surface area contributed by atoms with Gasteiger partial charge in [0.05, 0.1) is 5.69 Å². The molecule has 88 valence electrons. The number of hydrogen-bond acceptors (Lipinski definition) is 3. The molecule has 0 amide bonds. The zero-order valence-electron chi connectivity index (χ0n) is 10.5. The molecule has 0 aliphatic heterocycles. The summed E-state index contributed by atoms with van der Waals surface area (Å²) in [5, 5.41) is 3.27. The summed E-state index contributed by atoms with van der Waals surface area (Å²) >= 11 is 0. The molecule has 3 nitrogen and oxygen atoms in total. The second kappa shape index (κ2) is 6.28. The van der Waals surface area contributed by atoms with Gasteiger partial charge in [0.1, 0.15) is 5.82 Å². The Bertz CT molecular complexity index is 347. The third kappa shape index (κ3) is 4.03. The van der Waals surface area contributed by atoms with Crippen molar-refractivity contribution in [3.63, 3.8) is 0 Å². The van der Waals surface area contributed by atoms with E-state index >= 15 is 0 Å². The molecule has 0 atom stereocenters. The average Bonchev–Trinajstić information content (AvgIpc) is 2.26. The fourth-order valence-electron chi connectivity index (χ4n) is 1.52. The van der Waals surface area contributed by atoms with Gasteiger partial charge in [-0.15, -0.1) is 0 Å². The SMILES string of the molecule is C=C(C)CN(C)c1cccc(CNCC)n1. The summed E-state index contributed by atoms with van der Waals surface area (Å²) in [7, 11) is 2.04. The molecule has 1 aromatic heterocycles. The molecule has 3 heteroatoms. The first kappa shape index (κ1) is 12.7. The topological polar surface area (TPSA) is 28.2 Å². The number of hydrogen-bond donors (Lipinski definition) is 1. The highest BCUT2D eigenvalue weighted by Crippen LogP contribution is 2.10. The molecule has 0 spiro atoms. The maximum atomic E-state index is 4.59. The van der Waals surface area contributed by atoms with E-state index < -0.39 is 0 Å². The van der Waals surface area contributed by atoms with E-state index in [1.54, 1.807) is 0 Å². The van der Waals surface area contributed by atoms with Crippen molar-refractivity contribution in [1.82, 2.24) is 10.3 Å². The third-order valence-electron chi connectivity index (χ3n) is 2.25. The molecule has 0 saturated heterocycles. The van der Waals surface area contributed by atoms with Crippen LogP contribution in [0.3, 0.4) is 0 Å². The van der Waals surface area contributed by atoms with Crippen LogP contribution in [0.4, 0.5) is 5.82 Å². The number of pyridine rings is 1. The summed E-state index contributed by atoms with van der Waals surface area (Å²) in [5.74, 6) is 0.999. The van der Waals surface area contributed by atoms with Crippen molar-refractivity contribution in [3.8, 4) is 0 Å². The second-order valence-corrected chi connectivity index (χ2v) is 4.08. The Balaban J connectivity index is 2.69. The van der Waals surface area contributed by atoms with Crippen LogP contribution in [-0.4, -0.2) is 25.1 Å². The quantitative estimate of drug-likeness (QED) is 0.743. The van der Waals surface area contributed by atoms with E-state index in [9.17, 15) is 0 Å². The summed E-state index contributed by atoms with van der Waals surface area (Å²) in [4.78, 5) is 6.69. The van der Waals surface area contributed by atoms with Gasteiger partial charge in [-0.05, 0) is 25.6 Å². The van der Waals surface area contributed by atoms with Gasteiger partial charge in [-0.1, -0.05) is 25.1 Å². The lowest BCUT2D eigenvalue weighted by Gasteiger charge is -2.18. The lowest BCUT2D eigenvalue weighted by Crippen LogP contribution is -2.21. The number of anilines is 1. The molecule has 0 unspecified atom stereocenters. The van der Waals surface area contributed by atoms with Gasteiger partial charge in [0, 0.05) is 20.1 Å². The van der Waals surface area contributed by atoms with E-state index in [4.69, 9.17) is 0 Å². The Morgan fingerprint density at radius 3 is 2.88 bits per heavy atom. The zero-order chi connectivity index (χ0) is 12.0. The number of nitrogens with one attached hydrogen (secondary N) is 1. The van der Waals surface area contributed by atoms with Crippen molar-refractivity contribution in [3.05, 3.63) is 36.0 Å². The highest BCUT2D eigenvalue weighted by molar-refractivity contribution is 5.39. The average molecular weight is 219 g/mol. The van der Waals surface area contributed by atoms with Crippen LogP contribution < -0.4 is 10.2 Å². The molecule has 0 saturated carbocycles. The first-order valence-corrected chi connectivity index (χ1v) is 5.65.